The van der Waals surface area contributed by atoms with E-state index >= 15 is 4.39 Å². The van der Waals surface area contributed by atoms with E-state index in [0.717, 1.165) is 0 Å². The summed E-state index contributed by atoms with van der Waals surface area (Å²) in [7, 11) is 1.70. The number of pyridine rings is 1. The first-order valence-electron chi connectivity index (χ1n) is 10.2. The monoisotopic (exact) mass is 440 g/mol. The van der Waals surface area contributed by atoms with Crippen molar-refractivity contribution >= 4 is 5.69 Å². The first-order valence-corrected chi connectivity index (χ1v) is 10.2. The molecule has 8 nitrogen and oxygen atoms in total. The molecule has 0 N–H and O–H groups in total. The van der Waals surface area contributed by atoms with Gasteiger partial charge in [-0.15, -0.1) is 10.2 Å². The Kier molecular flexibility index (Phi) is 4.62. The molecule has 1 aliphatic heterocycles. The number of nitriles is 1. The Morgan fingerprint density at radius 1 is 1.16 bits per heavy atom. The van der Waals surface area contributed by atoms with Crippen LogP contribution >= 0.6 is 0 Å². The lowest BCUT2D eigenvalue weighted by Crippen LogP contribution is -2.42. The molecule has 0 spiro atoms. The Morgan fingerprint density at radius 3 is 2.47 bits per heavy atom. The highest BCUT2D eigenvalue weighted by atomic mass is 19.3. The van der Waals surface area contributed by atoms with Crippen molar-refractivity contribution in [2.75, 3.05) is 18.0 Å². The molecule has 1 aliphatic carbocycles. The topological polar surface area (TPSA) is 96.4 Å². The molecule has 1 unspecified atom stereocenters. The van der Waals surface area contributed by atoms with E-state index in [9.17, 15) is 14.0 Å². The third-order valence-electron chi connectivity index (χ3n) is 6.16. The molecule has 1 atom stereocenters. The second kappa shape index (κ2) is 7.25. The highest BCUT2D eigenvalue weighted by molar-refractivity contribution is 5.80. The number of hydrogen-bond donors (Lipinski definition) is 0. The van der Waals surface area contributed by atoms with Crippen LogP contribution in [0, 0.1) is 11.3 Å². The van der Waals surface area contributed by atoms with Gasteiger partial charge in [-0.05, 0) is 12.1 Å². The van der Waals surface area contributed by atoms with Crippen molar-refractivity contribution in [1.29, 1.82) is 5.26 Å². The van der Waals surface area contributed by atoms with Gasteiger partial charge in [0.2, 0.25) is 0 Å². The van der Waals surface area contributed by atoms with Gasteiger partial charge >= 0.3 is 0 Å². The van der Waals surface area contributed by atoms with Crippen LogP contribution in [0.5, 0.6) is 0 Å². The van der Waals surface area contributed by atoms with E-state index in [-0.39, 0.29) is 36.3 Å². The average Bonchev–Trinajstić information content (AvgIpc) is 3.21. The third-order valence-corrected chi connectivity index (χ3v) is 6.16. The van der Waals surface area contributed by atoms with E-state index in [0.29, 0.717) is 30.0 Å². The van der Waals surface area contributed by atoms with Gasteiger partial charge in [-0.2, -0.15) is 15.5 Å². The van der Waals surface area contributed by atoms with Crippen LogP contribution in [0.15, 0.2) is 30.9 Å². The molecular formula is C21H19F3N8. The lowest BCUT2D eigenvalue weighted by Gasteiger charge is -2.38. The number of nitrogens with zero attached hydrogens (tertiary/aromatic N) is 8. The smallest absolute Gasteiger partial charge is 0.257 e. The van der Waals surface area contributed by atoms with Gasteiger partial charge in [0, 0.05) is 45.0 Å². The van der Waals surface area contributed by atoms with Crippen LogP contribution in [-0.4, -0.2) is 49.0 Å². The molecule has 164 valence electrons. The highest BCUT2D eigenvalue weighted by Crippen LogP contribution is 2.56. The molecule has 11 heteroatoms. The Hall–Kier alpha value is -3.55. The van der Waals surface area contributed by atoms with Gasteiger partial charge in [-0.25, -0.2) is 18.2 Å². The zero-order valence-corrected chi connectivity index (χ0v) is 17.2. The molecule has 2 fully saturated rings. The van der Waals surface area contributed by atoms with Gasteiger partial charge in [0.1, 0.15) is 12.4 Å². The minimum absolute atomic E-state index is 0.140. The first-order chi connectivity index (χ1) is 15.3. The van der Waals surface area contributed by atoms with Gasteiger partial charge in [0.25, 0.3) is 5.92 Å². The molecule has 3 aromatic heterocycles. The summed E-state index contributed by atoms with van der Waals surface area (Å²) in [6, 6.07) is 5.22. The second-order valence-electron chi connectivity index (χ2n) is 8.27. The van der Waals surface area contributed by atoms with Crippen LogP contribution in [0.4, 0.5) is 18.9 Å². The predicted octanol–water partition coefficient (Wildman–Crippen LogP) is 3.13. The summed E-state index contributed by atoms with van der Waals surface area (Å²) in [6.45, 7) is 0.592. The molecule has 1 saturated carbocycles. The Morgan fingerprint density at radius 2 is 1.91 bits per heavy atom. The van der Waals surface area contributed by atoms with E-state index in [1.165, 1.54) is 24.8 Å². The van der Waals surface area contributed by atoms with Crippen molar-refractivity contribution in [3.05, 3.63) is 47.9 Å². The van der Waals surface area contributed by atoms with Crippen LogP contribution < -0.4 is 4.90 Å². The van der Waals surface area contributed by atoms with E-state index in [1.54, 1.807) is 17.7 Å². The van der Waals surface area contributed by atoms with Crippen molar-refractivity contribution < 1.29 is 13.2 Å². The SMILES string of the molecule is Cn1cnnc1C1(F)CCN(c2c(C#N)cc(C3CC3(F)F)nc2-c2ccnnc2)CC1. The second-order valence-corrected chi connectivity index (χ2v) is 8.27. The summed E-state index contributed by atoms with van der Waals surface area (Å²) in [5.41, 5.74) is 0.196. The largest absolute Gasteiger partial charge is 0.368 e. The number of anilines is 1. The fraction of sp³-hybridized carbons (Fsp3) is 0.429. The highest BCUT2D eigenvalue weighted by Gasteiger charge is 2.58. The summed E-state index contributed by atoms with van der Waals surface area (Å²) < 4.78 is 44.7. The van der Waals surface area contributed by atoms with Gasteiger partial charge in [-0.1, -0.05) is 0 Å². The Bertz CT molecular complexity index is 1200. The van der Waals surface area contributed by atoms with Crippen molar-refractivity contribution in [2.45, 2.75) is 36.8 Å². The first kappa shape index (κ1) is 20.4. The van der Waals surface area contributed by atoms with E-state index in [4.69, 9.17) is 0 Å². The van der Waals surface area contributed by atoms with E-state index in [1.807, 2.05) is 4.90 Å². The third kappa shape index (κ3) is 3.36. The molecule has 3 aromatic rings. The van der Waals surface area contributed by atoms with Crippen molar-refractivity contribution in [3.63, 3.8) is 0 Å². The number of halogens is 3. The van der Waals surface area contributed by atoms with Crippen LogP contribution in [0.2, 0.25) is 0 Å². The predicted molar refractivity (Wildman–Crippen MR) is 108 cm³/mol. The van der Waals surface area contributed by atoms with Gasteiger partial charge in [0.15, 0.2) is 11.5 Å². The number of aromatic nitrogens is 6. The molecule has 0 amide bonds. The zero-order valence-electron chi connectivity index (χ0n) is 17.2. The fourth-order valence-electron chi connectivity index (χ4n) is 4.31. The number of piperidine rings is 1. The summed E-state index contributed by atoms with van der Waals surface area (Å²) in [5, 5.41) is 25.2. The molecule has 4 heterocycles. The summed E-state index contributed by atoms with van der Waals surface area (Å²) in [5.74, 6) is -3.56. The average molecular weight is 440 g/mol. The normalized spacial score (nSPS) is 21.2. The molecule has 0 aromatic carbocycles. The molecule has 1 saturated heterocycles. The number of alkyl halides is 3. The maximum Gasteiger partial charge on any atom is 0.257 e. The van der Waals surface area contributed by atoms with Gasteiger partial charge < -0.3 is 9.47 Å². The molecule has 2 aliphatic rings. The molecule has 0 bridgehead atoms. The van der Waals surface area contributed by atoms with Crippen LogP contribution in [0.25, 0.3) is 11.3 Å². The van der Waals surface area contributed by atoms with Crippen molar-refractivity contribution in [2.24, 2.45) is 7.05 Å². The maximum absolute atomic E-state index is 15.6. The summed E-state index contributed by atoms with van der Waals surface area (Å²) >= 11 is 0. The Balaban J connectivity index is 1.54. The molecular weight excluding hydrogens is 421 g/mol. The number of hydrogen-bond acceptors (Lipinski definition) is 7. The van der Waals surface area contributed by atoms with E-state index in [2.05, 4.69) is 31.4 Å². The van der Waals surface area contributed by atoms with Crippen LogP contribution in [0.1, 0.15) is 42.3 Å². The number of aryl methyl sites for hydroxylation is 1. The molecule has 5 rings (SSSR count). The van der Waals surface area contributed by atoms with Crippen LogP contribution in [-0.2, 0) is 12.7 Å². The minimum atomic E-state index is -2.82. The molecule has 32 heavy (non-hydrogen) atoms. The fourth-order valence-corrected chi connectivity index (χ4v) is 4.31. The lowest BCUT2D eigenvalue weighted by atomic mass is 9.91. The van der Waals surface area contributed by atoms with Crippen molar-refractivity contribution in [3.8, 4) is 17.3 Å². The lowest BCUT2D eigenvalue weighted by molar-refractivity contribution is 0.109. The van der Waals surface area contributed by atoms with Gasteiger partial charge in [-0.3, -0.25) is 0 Å². The maximum atomic E-state index is 15.6. The Labute approximate surface area is 181 Å². The standard InChI is InChI=1S/C21H19F3N8/c1-31-12-28-30-19(31)20(22)3-6-32(7-4-20)18-14(10-25)8-16(15-9-21(15,23)24)29-17(18)13-2-5-26-27-11-13/h2,5,8,11-12,15H,3-4,6-7,9H2,1H3. The zero-order chi connectivity index (χ0) is 22.5. The van der Waals surface area contributed by atoms with Crippen LogP contribution in [0.3, 0.4) is 0 Å². The summed E-state index contributed by atoms with van der Waals surface area (Å²) in [4.78, 5) is 6.40. The minimum Gasteiger partial charge on any atom is -0.368 e. The summed E-state index contributed by atoms with van der Waals surface area (Å²) in [6.07, 6.45) is 4.40. The van der Waals surface area contributed by atoms with E-state index < -0.39 is 17.5 Å². The van der Waals surface area contributed by atoms with Gasteiger partial charge in [0.05, 0.1) is 41.0 Å². The quantitative estimate of drug-likeness (QED) is 0.615. The number of rotatable bonds is 4. The van der Waals surface area contributed by atoms with Crippen molar-refractivity contribution in [1.82, 2.24) is 29.9 Å². The molecule has 0 radical (unpaired) electrons.